The summed E-state index contributed by atoms with van der Waals surface area (Å²) in [5.41, 5.74) is 1.36. The minimum Gasteiger partial charge on any atom is -0.505 e. The van der Waals surface area contributed by atoms with E-state index in [0.717, 1.165) is 12.8 Å². The van der Waals surface area contributed by atoms with Crippen molar-refractivity contribution in [2.45, 2.75) is 33.1 Å². The van der Waals surface area contributed by atoms with Gasteiger partial charge in [0, 0.05) is 21.7 Å². The van der Waals surface area contributed by atoms with Crippen LogP contribution in [0.1, 0.15) is 41.4 Å². The molecule has 1 heterocycles. The van der Waals surface area contributed by atoms with Gasteiger partial charge in [0.1, 0.15) is 0 Å². The number of unbranched alkanes of at least 4 members (excludes halogenated alkanes) is 1. The Kier molecular flexibility index (Phi) is 6.23. The molecule has 1 N–H and O–H groups in total. The molecule has 152 valence electrons. The number of esters is 1. The number of carbonyl (C=O) groups is 2. The van der Waals surface area contributed by atoms with Gasteiger partial charge in [-0.25, -0.2) is 4.39 Å². The largest absolute Gasteiger partial charge is 0.505 e. The number of aromatic hydroxyl groups is 1. The van der Waals surface area contributed by atoms with Crippen molar-refractivity contribution in [3.8, 4) is 5.75 Å². The van der Waals surface area contributed by atoms with Crippen molar-refractivity contribution >= 4 is 34.4 Å². The Balaban J connectivity index is 2.10. The summed E-state index contributed by atoms with van der Waals surface area (Å²) < 4.78 is 21.3. The van der Waals surface area contributed by atoms with Crippen LogP contribution in [0.3, 0.4) is 0 Å². The van der Waals surface area contributed by atoms with Gasteiger partial charge in [-0.15, -0.1) is 0 Å². The van der Waals surface area contributed by atoms with Crippen LogP contribution in [-0.4, -0.2) is 28.2 Å². The first kappa shape index (κ1) is 20.9. The Morgan fingerprint density at radius 2 is 1.86 bits per heavy atom. The van der Waals surface area contributed by atoms with Gasteiger partial charge < -0.3 is 9.84 Å². The Labute approximate surface area is 172 Å². The number of nitrogens with zero attached hydrogens (tertiary/aromatic N) is 1. The standard InChI is InChI=1S/C22H21ClFNO4/c1-3-4-11-29-19(27)12-16-13(2)25(17-9-10-18(26)21(24)20(16)17)22(28)14-5-7-15(23)8-6-14/h5-10,26H,3-4,11-12H2,1-2H3. The van der Waals surface area contributed by atoms with Crippen LogP contribution in [0.15, 0.2) is 36.4 Å². The lowest BCUT2D eigenvalue weighted by Crippen LogP contribution is -2.14. The zero-order valence-electron chi connectivity index (χ0n) is 16.2. The summed E-state index contributed by atoms with van der Waals surface area (Å²) >= 11 is 5.89. The van der Waals surface area contributed by atoms with Gasteiger partial charge in [-0.3, -0.25) is 14.2 Å². The fourth-order valence-electron chi connectivity index (χ4n) is 3.25. The Morgan fingerprint density at radius 3 is 2.52 bits per heavy atom. The van der Waals surface area contributed by atoms with E-state index in [2.05, 4.69) is 0 Å². The van der Waals surface area contributed by atoms with Crippen molar-refractivity contribution < 1.29 is 23.8 Å². The van der Waals surface area contributed by atoms with Gasteiger partial charge in [0.05, 0.1) is 18.5 Å². The lowest BCUT2D eigenvalue weighted by Gasteiger charge is -2.08. The average Bonchev–Trinajstić information content (AvgIpc) is 2.97. The van der Waals surface area contributed by atoms with Crippen LogP contribution in [0.4, 0.5) is 4.39 Å². The number of hydrogen-bond acceptors (Lipinski definition) is 4. The van der Waals surface area contributed by atoms with Gasteiger partial charge in [0.15, 0.2) is 11.6 Å². The number of hydrogen-bond donors (Lipinski definition) is 1. The summed E-state index contributed by atoms with van der Waals surface area (Å²) in [7, 11) is 0. The normalized spacial score (nSPS) is 11.0. The van der Waals surface area contributed by atoms with E-state index in [1.807, 2.05) is 6.92 Å². The molecule has 0 spiro atoms. The van der Waals surface area contributed by atoms with Gasteiger partial charge in [0.2, 0.25) is 0 Å². The van der Waals surface area contributed by atoms with E-state index < -0.39 is 17.5 Å². The van der Waals surface area contributed by atoms with Crippen molar-refractivity contribution in [2.75, 3.05) is 6.61 Å². The first-order valence-electron chi connectivity index (χ1n) is 9.32. The summed E-state index contributed by atoms with van der Waals surface area (Å²) in [6, 6.07) is 8.98. The Bertz CT molecular complexity index is 1070. The molecular weight excluding hydrogens is 397 g/mol. The lowest BCUT2D eigenvalue weighted by molar-refractivity contribution is -0.142. The Hall–Kier alpha value is -2.86. The van der Waals surface area contributed by atoms with Crippen LogP contribution >= 0.6 is 11.6 Å². The summed E-state index contributed by atoms with van der Waals surface area (Å²) in [6.07, 6.45) is 1.41. The first-order chi connectivity index (χ1) is 13.8. The molecule has 0 fully saturated rings. The number of phenolic OH excluding ortho intramolecular Hbond substituents is 1. The van der Waals surface area contributed by atoms with Gasteiger partial charge >= 0.3 is 5.97 Å². The third-order valence-electron chi connectivity index (χ3n) is 4.79. The van der Waals surface area contributed by atoms with Crippen molar-refractivity contribution in [1.29, 1.82) is 0 Å². The highest BCUT2D eigenvalue weighted by Gasteiger charge is 2.25. The van der Waals surface area contributed by atoms with Gasteiger partial charge in [-0.2, -0.15) is 0 Å². The number of rotatable bonds is 6. The number of aromatic nitrogens is 1. The van der Waals surface area contributed by atoms with E-state index in [1.54, 1.807) is 31.2 Å². The van der Waals surface area contributed by atoms with Crippen molar-refractivity contribution in [3.05, 3.63) is 64.1 Å². The van der Waals surface area contributed by atoms with Crippen LogP contribution in [0.25, 0.3) is 10.9 Å². The van der Waals surface area contributed by atoms with Gasteiger partial charge in [-0.1, -0.05) is 24.9 Å². The van der Waals surface area contributed by atoms with E-state index in [0.29, 0.717) is 21.8 Å². The number of ether oxygens (including phenoxy) is 1. The summed E-state index contributed by atoms with van der Waals surface area (Å²) in [4.78, 5) is 25.4. The smallest absolute Gasteiger partial charge is 0.310 e. The molecule has 0 radical (unpaired) electrons. The summed E-state index contributed by atoms with van der Waals surface area (Å²) in [5.74, 6) is -2.32. The molecule has 0 saturated heterocycles. The lowest BCUT2D eigenvalue weighted by atomic mass is 10.1. The molecule has 1 aromatic heterocycles. The molecule has 0 atom stereocenters. The first-order valence-corrected chi connectivity index (χ1v) is 9.70. The third kappa shape index (κ3) is 4.12. The monoisotopic (exact) mass is 417 g/mol. The second kappa shape index (κ2) is 8.66. The van der Waals surface area contributed by atoms with Crippen LogP contribution in [-0.2, 0) is 16.0 Å². The van der Waals surface area contributed by atoms with E-state index in [9.17, 15) is 19.1 Å². The minimum atomic E-state index is -0.871. The van der Waals surface area contributed by atoms with Crippen LogP contribution < -0.4 is 0 Å². The second-order valence-corrected chi connectivity index (χ2v) is 7.19. The fourth-order valence-corrected chi connectivity index (χ4v) is 3.38. The SMILES string of the molecule is CCCCOC(=O)Cc1c(C)n(C(=O)c2ccc(Cl)cc2)c2ccc(O)c(F)c12. The number of halogens is 2. The maximum absolute atomic E-state index is 14.8. The summed E-state index contributed by atoms with van der Waals surface area (Å²) in [6.45, 7) is 3.90. The molecule has 0 unspecified atom stereocenters. The predicted octanol–water partition coefficient (Wildman–Crippen LogP) is 5.02. The summed E-state index contributed by atoms with van der Waals surface area (Å²) in [5, 5.41) is 10.4. The molecule has 2 aromatic carbocycles. The van der Waals surface area contributed by atoms with E-state index in [-0.39, 0.29) is 29.8 Å². The molecule has 5 nitrogen and oxygen atoms in total. The predicted molar refractivity (Wildman–Crippen MR) is 109 cm³/mol. The topological polar surface area (TPSA) is 68.5 Å². The van der Waals surface area contributed by atoms with Gasteiger partial charge in [-0.05, 0) is 55.3 Å². The highest BCUT2D eigenvalue weighted by Crippen LogP contribution is 2.33. The van der Waals surface area contributed by atoms with E-state index >= 15 is 0 Å². The average molecular weight is 418 g/mol. The maximum Gasteiger partial charge on any atom is 0.310 e. The van der Waals surface area contributed by atoms with Crippen LogP contribution in [0.2, 0.25) is 5.02 Å². The number of phenols is 1. The van der Waals surface area contributed by atoms with Crippen molar-refractivity contribution in [2.24, 2.45) is 0 Å². The van der Waals surface area contributed by atoms with E-state index in [1.165, 1.54) is 16.7 Å². The molecule has 29 heavy (non-hydrogen) atoms. The molecule has 3 rings (SSSR count). The van der Waals surface area contributed by atoms with Crippen LogP contribution in [0.5, 0.6) is 5.75 Å². The molecule has 0 aliphatic rings. The molecule has 0 aliphatic carbocycles. The maximum atomic E-state index is 14.8. The number of benzene rings is 2. The van der Waals surface area contributed by atoms with Crippen LogP contribution in [0, 0.1) is 12.7 Å². The fraction of sp³-hybridized carbons (Fsp3) is 0.273. The number of fused-ring (bicyclic) bond motifs is 1. The number of carbonyl (C=O) groups excluding carboxylic acids is 2. The highest BCUT2D eigenvalue weighted by atomic mass is 35.5. The zero-order chi connectivity index (χ0) is 21.1. The zero-order valence-corrected chi connectivity index (χ0v) is 16.9. The van der Waals surface area contributed by atoms with Gasteiger partial charge in [0.25, 0.3) is 5.91 Å². The molecule has 0 amide bonds. The minimum absolute atomic E-state index is 0.0391. The molecular formula is C22H21ClFNO4. The molecule has 0 aliphatic heterocycles. The molecule has 0 bridgehead atoms. The Morgan fingerprint density at radius 1 is 1.17 bits per heavy atom. The van der Waals surface area contributed by atoms with Crippen molar-refractivity contribution in [3.63, 3.8) is 0 Å². The molecule has 0 saturated carbocycles. The van der Waals surface area contributed by atoms with Crippen molar-refractivity contribution in [1.82, 2.24) is 4.57 Å². The third-order valence-corrected chi connectivity index (χ3v) is 5.04. The van der Waals surface area contributed by atoms with E-state index in [4.69, 9.17) is 16.3 Å². The quantitative estimate of drug-likeness (QED) is 0.451. The highest BCUT2D eigenvalue weighted by molar-refractivity contribution is 6.30. The second-order valence-electron chi connectivity index (χ2n) is 6.76. The molecule has 7 heteroatoms. The molecule has 3 aromatic rings.